The minimum Gasteiger partial charge on any atom is -0.338 e. The summed E-state index contributed by atoms with van der Waals surface area (Å²) in [5.41, 5.74) is 33.1. The summed E-state index contributed by atoms with van der Waals surface area (Å²) < 4.78 is 0. The summed E-state index contributed by atoms with van der Waals surface area (Å²) in [6, 6.07) is 7.87. The van der Waals surface area contributed by atoms with E-state index < -0.39 is 0 Å². The maximum atomic E-state index is 6.20. The van der Waals surface area contributed by atoms with Crippen LogP contribution in [-0.2, 0) is 0 Å². The predicted octanol–water partition coefficient (Wildman–Crippen LogP) is -0.652. The van der Waals surface area contributed by atoms with Crippen LogP contribution in [0.4, 0.5) is 23.5 Å². The molecule has 0 amide bonds. The van der Waals surface area contributed by atoms with Gasteiger partial charge in [0.1, 0.15) is 0 Å². The van der Waals surface area contributed by atoms with E-state index in [1.165, 1.54) is 0 Å². The molecular weight excluding hydrogens is 394 g/mol. The fourth-order valence-electron chi connectivity index (χ4n) is 4.21. The smallest absolute Gasteiger partial charge is 0.248 e. The molecule has 0 aliphatic carbocycles. The average Bonchev–Trinajstić information content (AvgIpc) is 2.71. The van der Waals surface area contributed by atoms with E-state index in [-0.39, 0.29) is 24.2 Å². The lowest BCUT2D eigenvalue weighted by Crippen LogP contribution is -2.54. The van der Waals surface area contributed by atoms with Crippen molar-refractivity contribution >= 4 is 23.5 Å². The lowest BCUT2D eigenvalue weighted by molar-refractivity contribution is 0.441. The standard InChI is InChI=1S/C20H33N11/c1-12-4-2-3-5-17(12)28-29-18-25-19(30-8-13(21)6-14(22)9-30)27-20(26-18)31-10-15(23)7-16(24)11-31/h2-5,13-16,28H,6-11,21-24H2,1H3,(H,25,26,27,29). The lowest BCUT2D eigenvalue weighted by atomic mass is 10.0. The summed E-state index contributed by atoms with van der Waals surface area (Å²) in [7, 11) is 0. The monoisotopic (exact) mass is 427 g/mol. The van der Waals surface area contributed by atoms with Crippen LogP contribution in [0.2, 0.25) is 0 Å². The van der Waals surface area contributed by atoms with Crippen LogP contribution in [0.1, 0.15) is 18.4 Å². The molecule has 2 aromatic rings. The van der Waals surface area contributed by atoms with E-state index in [1.807, 2.05) is 41.0 Å². The second-order valence-corrected chi connectivity index (χ2v) is 8.65. The van der Waals surface area contributed by atoms with Crippen LogP contribution in [-0.4, -0.2) is 65.3 Å². The van der Waals surface area contributed by atoms with E-state index in [1.54, 1.807) is 0 Å². The second kappa shape index (κ2) is 9.18. The second-order valence-electron chi connectivity index (χ2n) is 8.65. The number of hydrazine groups is 1. The van der Waals surface area contributed by atoms with Crippen molar-refractivity contribution in [3.05, 3.63) is 29.8 Å². The summed E-state index contributed by atoms with van der Waals surface area (Å²) in [4.78, 5) is 18.0. The summed E-state index contributed by atoms with van der Waals surface area (Å²) in [6.45, 7) is 4.59. The normalized spacial score (nSPS) is 26.6. The summed E-state index contributed by atoms with van der Waals surface area (Å²) in [5.74, 6) is 1.48. The number of anilines is 4. The van der Waals surface area contributed by atoms with Gasteiger partial charge in [0.2, 0.25) is 17.8 Å². The first kappa shape index (κ1) is 21.5. The van der Waals surface area contributed by atoms with Crippen LogP contribution in [0, 0.1) is 6.92 Å². The molecule has 1 aromatic heterocycles. The Morgan fingerprint density at radius 3 is 1.71 bits per heavy atom. The maximum absolute atomic E-state index is 6.20. The fourth-order valence-corrected chi connectivity index (χ4v) is 4.21. The molecule has 4 rings (SSSR count). The van der Waals surface area contributed by atoms with Crippen molar-refractivity contribution < 1.29 is 0 Å². The molecule has 4 atom stereocenters. The van der Waals surface area contributed by atoms with E-state index in [4.69, 9.17) is 27.9 Å². The molecule has 0 saturated carbocycles. The highest BCUT2D eigenvalue weighted by Gasteiger charge is 2.28. The SMILES string of the molecule is Cc1ccccc1NNc1nc(N2CC(N)CC(N)C2)nc(N2CC(N)CC(N)C2)n1. The Morgan fingerprint density at radius 2 is 1.23 bits per heavy atom. The van der Waals surface area contributed by atoms with Gasteiger partial charge in [-0.1, -0.05) is 18.2 Å². The van der Waals surface area contributed by atoms with Gasteiger partial charge in [-0.05, 0) is 31.4 Å². The quantitative estimate of drug-likeness (QED) is 0.335. The average molecular weight is 428 g/mol. The Labute approximate surface area is 182 Å². The number of rotatable bonds is 5. The Bertz CT molecular complexity index is 827. The number of aromatic nitrogens is 3. The molecule has 11 heteroatoms. The van der Waals surface area contributed by atoms with Gasteiger partial charge in [0.15, 0.2) is 0 Å². The van der Waals surface area contributed by atoms with Crippen molar-refractivity contribution in [2.45, 2.75) is 43.9 Å². The van der Waals surface area contributed by atoms with Gasteiger partial charge < -0.3 is 32.7 Å². The number of hydrogen-bond donors (Lipinski definition) is 6. The van der Waals surface area contributed by atoms with Gasteiger partial charge in [0.25, 0.3) is 0 Å². The predicted molar refractivity (Wildman–Crippen MR) is 124 cm³/mol. The molecule has 168 valence electrons. The molecule has 10 N–H and O–H groups in total. The van der Waals surface area contributed by atoms with Gasteiger partial charge in [-0.3, -0.25) is 10.9 Å². The number of para-hydroxylation sites is 1. The first-order chi connectivity index (χ1) is 14.9. The molecule has 1 aromatic carbocycles. The van der Waals surface area contributed by atoms with Gasteiger partial charge >= 0.3 is 0 Å². The van der Waals surface area contributed by atoms with E-state index in [0.717, 1.165) is 24.1 Å². The Kier molecular flexibility index (Phi) is 6.37. The van der Waals surface area contributed by atoms with Gasteiger partial charge in [0.05, 0.1) is 5.69 Å². The Hall–Kier alpha value is -2.73. The van der Waals surface area contributed by atoms with Gasteiger partial charge in [-0.25, -0.2) is 0 Å². The van der Waals surface area contributed by atoms with Crippen molar-refractivity contribution in [3.8, 4) is 0 Å². The zero-order valence-electron chi connectivity index (χ0n) is 17.9. The van der Waals surface area contributed by atoms with Crippen LogP contribution < -0.4 is 43.6 Å². The Morgan fingerprint density at radius 1 is 0.742 bits per heavy atom. The van der Waals surface area contributed by atoms with Crippen LogP contribution in [0.5, 0.6) is 0 Å². The number of nitrogens with two attached hydrogens (primary N) is 4. The number of aryl methyl sites for hydroxylation is 1. The molecule has 0 bridgehead atoms. The highest BCUT2D eigenvalue weighted by atomic mass is 15.5. The molecular formula is C20H33N11. The number of nitrogens with zero attached hydrogens (tertiary/aromatic N) is 5. The highest BCUT2D eigenvalue weighted by molar-refractivity contribution is 5.55. The molecule has 2 aliphatic heterocycles. The van der Waals surface area contributed by atoms with E-state index in [9.17, 15) is 0 Å². The zero-order valence-corrected chi connectivity index (χ0v) is 17.9. The third-order valence-corrected chi connectivity index (χ3v) is 5.66. The van der Waals surface area contributed by atoms with Crippen molar-refractivity contribution in [2.24, 2.45) is 22.9 Å². The number of nitrogens with one attached hydrogen (secondary N) is 2. The molecule has 11 nitrogen and oxygen atoms in total. The lowest BCUT2D eigenvalue weighted by Gasteiger charge is -2.37. The minimum absolute atomic E-state index is 0.0256. The fraction of sp³-hybridized carbons (Fsp3) is 0.550. The third-order valence-electron chi connectivity index (χ3n) is 5.66. The van der Waals surface area contributed by atoms with Gasteiger partial charge in [-0.15, -0.1) is 0 Å². The van der Waals surface area contributed by atoms with Crippen molar-refractivity contribution in [3.63, 3.8) is 0 Å². The Balaban J connectivity index is 1.62. The third kappa shape index (κ3) is 5.31. The number of piperidine rings is 2. The molecule has 0 spiro atoms. The van der Waals surface area contributed by atoms with E-state index in [0.29, 0.717) is 44.0 Å². The molecule has 2 fully saturated rings. The summed E-state index contributed by atoms with van der Waals surface area (Å²) in [6.07, 6.45) is 1.56. The topological polar surface area (TPSA) is 173 Å². The zero-order chi connectivity index (χ0) is 22.0. The number of hydrogen-bond acceptors (Lipinski definition) is 11. The summed E-state index contributed by atoms with van der Waals surface area (Å²) in [5, 5.41) is 0. The van der Waals surface area contributed by atoms with E-state index in [2.05, 4.69) is 20.8 Å². The minimum atomic E-state index is -0.0256. The molecule has 3 heterocycles. The molecule has 2 aliphatic rings. The highest BCUT2D eigenvalue weighted by Crippen LogP contribution is 2.22. The first-order valence-corrected chi connectivity index (χ1v) is 10.7. The maximum Gasteiger partial charge on any atom is 0.248 e. The molecule has 0 radical (unpaired) electrons. The van der Waals surface area contributed by atoms with Crippen molar-refractivity contribution in [1.82, 2.24) is 15.0 Å². The van der Waals surface area contributed by atoms with Crippen molar-refractivity contribution in [1.29, 1.82) is 0 Å². The first-order valence-electron chi connectivity index (χ1n) is 10.7. The van der Waals surface area contributed by atoms with Gasteiger partial charge in [0, 0.05) is 50.3 Å². The summed E-state index contributed by atoms with van der Waals surface area (Å²) >= 11 is 0. The van der Waals surface area contributed by atoms with Gasteiger partial charge in [-0.2, -0.15) is 15.0 Å². The number of benzene rings is 1. The molecule has 31 heavy (non-hydrogen) atoms. The van der Waals surface area contributed by atoms with Crippen LogP contribution in [0.15, 0.2) is 24.3 Å². The molecule has 4 unspecified atom stereocenters. The van der Waals surface area contributed by atoms with E-state index >= 15 is 0 Å². The van der Waals surface area contributed by atoms with Crippen LogP contribution >= 0.6 is 0 Å². The van der Waals surface area contributed by atoms with Crippen LogP contribution in [0.3, 0.4) is 0 Å². The van der Waals surface area contributed by atoms with Crippen molar-refractivity contribution in [2.75, 3.05) is 46.8 Å². The molecule has 2 saturated heterocycles. The largest absolute Gasteiger partial charge is 0.338 e. The van der Waals surface area contributed by atoms with Crippen LogP contribution in [0.25, 0.3) is 0 Å².